The number of sulfonamides is 1. The van der Waals surface area contributed by atoms with Gasteiger partial charge < -0.3 is 10.3 Å². The summed E-state index contributed by atoms with van der Waals surface area (Å²) in [5.41, 5.74) is 4.07. The summed E-state index contributed by atoms with van der Waals surface area (Å²) in [6.45, 7) is 5.48. The first-order valence-electron chi connectivity index (χ1n) is 10.2. The van der Waals surface area contributed by atoms with Crippen molar-refractivity contribution < 1.29 is 13.2 Å². The van der Waals surface area contributed by atoms with Crippen molar-refractivity contribution in [3.63, 3.8) is 0 Å². The summed E-state index contributed by atoms with van der Waals surface area (Å²) in [5.74, 6) is 0.255. The minimum Gasteiger partial charge on any atom is -0.342 e. The van der Waals surface area contributed by atoms with Crippen molar-refractivity contribution in [1.29, 1.82) is 0 Å². The molecule has 1 unspecified atom stereocenters. The molecule has 4 rings (SSSR count). The number of aryl methyl sites for hydroxylation is 2. The summed E-state index contributed by atoms with van der Waals surface area (Å²) in [6.07, 6.45) is 0. The van der Waals surface area contributed by atoms with Crippen LogP contribution < -0.4 is 10.0 Å². The minimum atomic E-state index is -3.85. The standard InChI is InChI=1S/C24H24N4O3S/c1-15-7-6-8-18(13-15)28-32(30,31)19-12-11-16(2)20(14-19)24(29)25-17(3)23-26-21-9-4-5-10-22(21)27-23/h4-14,17,28H,1-3H3,(H,25,29)(H,26,27). The van der Waals surface area contributed by atoms with E-state index in [2.05, 4.69) is 20.0 Å². The maximum absolute atomic E-state index is 13.0. The third-order valence-corrected chi connectivity index (χ3v) is 6.58. The number of amides is 1. The van der Waals surface area contributed by atoms with E-state index in [1.165, 1.54) is 12.1 Å². The lowest BCUT2D eigenvalue weighted by molar-refractivity contribution is 0.0937. The molecule has 7 nitrogen and oxygen atoms in total. The van der Waals surface area contributed by atoms with Crippen molar-refractivity contribution >= 4 is 32.7 Å². The van der Waals surface area contributed by atoms with Crippen molar-refractivity contribution in [2.24, 2.45) is 0 Å². The number of hydrogen-bond donors (Lipinski definition) is 3. The van der Waals surface area contributed by atoms with Crippen LogP contribution in [0, 0.1) is 13.8 Å². The van der Waals surface area contributed by atoms with Gasteiger partial charge in [-0.25, -0.2) is 13.4 Å². The van der Waals surface area contributed by atoms with Crippen molar-refractivity contribution in [2.75, 3.05) is 4.72 Å². The Hall–Kier alpha value is -3.65. The van der Waals surface area contributed by atoms with E-state index in [0.29, 0.717) is 22.6 Å². The molecule has 4 aromatic rings. The number of carbonyl (C=O) groups is 1. The van der Waals surface area contributed by atoms with Crippen molar-refractivity contribution in [1.82, 2.24) is 15.3 Å². The molecule has 1 aromatic heterocycles. The maximum atomic E-state index is 13.0. The van der Waals surface area contributed by atoms with E-state index in [1.54, 1.807) is 31.2 Å². The summed E-state index contributed by atoms with van der Waals surface area (Å²) in [4.78, 5) is 20.7. The molecule has 1 heterocycles. The Morgan fingerprint density at radius 1 is 1.00 bits per heavy atom. The monoisotopic (exact) mass is 448 g/mol. The maximum Gasteiger partial charge on any atom is 0.261 e. The smallest absolute Gasteiger partial charge is 0.261 e. The first-order valence-corrected chi connectivity index (χ1v) is 11.7. The van der Waals surface area contributed by atoms with Crippen molar-refractivity contribution in [3.05, 3.63) is 89.2 Å². The molecule has 164 valence electrons. The average molecular weight is 449 g/mol. The summed E-state index contributed by atoms with van der Waals surface area (Å²) in [5, 5.41) is 2.90. The van der Waals surface area contributed by atoms with Crippen molar-refractivity contribution in [2.45, 2.75) is 31.7 Å². The Morgan fingerprint density at radius 2 is 1.78 bits per heavy atom. The lowest BCUT2D eigenvalue weighted by atomic mass is 10.1. The highest BCUT2D eigenvalue weighted by molar-refractivity contribution is 7.92. The second-order valence-corrected chi connectivity index (χ2v) is 9.47. The van der Waals surface area contributed by atoms with E-state index in [9.17, 15) is 13.2 Å². The largest absolute Gasteiger partial charge is 0.342 e. The summed E-state index contributed by atoms with van der Waals surface area (Å²) in [6, 6.07) is 18.8. The van der Waals surface area contributed by atoms with Gasteiger partial charge in [0.25, 0.3) is 15.9 Å². The van der Waals surface area contributed by atoms with Crippen molar-refractivity contribution in [3.8, 4) is 0 Å². The third kappa shape index (κ3) is 4.50. The van der Waals surface area contributed by atoms with E-state index < -0.39 is 10.0 Å². The van der Waals surface area contributed by atoms with Crippen LogP contribution >= 0.6 is 0 Å². The van der Waals surface area contributed by atoms with Gasteiger partial charge in [-0.05, 0) is 68.3 Å². The highest BCUT2D eigenvalue weighted by Crippen LogP contribution is 2.21. The first kappa shape index (κ1) is 21.6. The minimum absolute atomic E-state index is 0.0196. The van der Waals surface area contributed by atoms with E-state index in [1.807, 2.05) is 44.2 Å². The molecule has 3 N–H and O–H groups in total. The molecule has 0 saturated carbocycles. The Kier molecular flexibility index (Phi) is 5.71. The van der Waals surface area contributed by atoms with Crippen LogP contribution in [0.4, 0.5) is 5.69 Å². The van der Waals surface area contributed by atoms with E-state index in [0.717, 1.165) is 16.6 Å². The van der Waals surface area contributed by atoms with E-state index in [4.69, 9.17) is 0 Å². The second kappa shape index (κ2) is 8.47. The second-order valence-electron chi connectivity index (χ2n) is 7.79. The van der Waals surface area contributed by atoms with Crippen LogP contribution in [0.2, 0.25) is 0 Å². The zero-order chi connectivity index (χ0) is 22.9. The molecule has 0 fully saturated rings. The molecule has 0 aliphatic heterocycles. The van der Waals surface area contributed by atoms with Crippen LogP contribution in [0.15, 0.2) is 71.6 Å². The van der Waals surface area contributed by atoms with E-state index in [-0.39, 0.29) is 16.8 Å². The van der Waals surface area contributed by atoms with Gasteiger partial charge in [0.05, 0.1) is 22.0 Å². The van der Waals surface area contributed by atoms with Gasteiger partial charge >= 0.3 is 0 Å². The first-order chi connectivity index (χ1) is 15.2. The number of carbonyl (C=O) groups excluding carboxylic acids is 1. The molecule has 3 aromatic carbocycles. The molecular weight excluding hydrogens is 424 g/mol. The molecule has 0 aliphatic carbocycles. The van der Waals surface area contributed by atoms with Gasteiger partial charge in [-0.15, -0.1) is 0 Å². The molecule has 32 heavy (non-hydrogen) atoms. The zero-order valence-electron chi connectivity index (χ0n) is 18.0. The normalized spacial score (nSPS) is 12.5. The fraction of sp³-hybridized carbons (Fsp3) is 0.167. The van der Waals surface area contributed by atoms with Crippen LogP contribution in [0.3, 0.4) is 0 Å². The Bertz CT molecular complexity index is 1380. The Labute approximate surface area is 187 Å². The lowest BCUT2D eigenvalue weighted by Gasteiger charge is -2.14. The number of hydrogen-bond acceptors (Lipinski definition) is 4. The van der Waals surface area contributed by atoms with Crippen LogP contribution in [-0.2, 0) is 10.0 Å². The highest BCUT2D eigenvalue weighted by Gasteiger charge is 2.20. The highest BCUT2D eigenvalue weighted by atomic mass is 32.2. The van der Waals surface area contributed by atoms with Gasteiger partial charge in [0.1, 0.15) is 5.82 Å². The molecule has 1 amide bonds. The van der Waals surface area contributed by atoms with Gasteiger partial charge in [-0.3, -0.25) is 9.52 Å². The topological polar surface area (TPSA) is 104 Å². The van der Waals surface area contributed by atoms with Crippen LogP contribution in [0.1, 0.15) is 40.3 Å². The summed E-state index contributed by atoms with van der Waals surface area (Å²) < 4.78 is 28.3. The number of aromatic nitrogens is 2. The van der Waals surface area contributed by atoms with Gasteiger partial charge in [0.2, 0.25) is 0 Å². The summed E-state index contributed by atoms with van der Waals surface area (Å²) in [7, 11) is -3.85. The van der Waals surface area contributed by atoms with Crippen LogP contribution in [0.25, 0.3) is 11.0 Å². The van der Waals surface area contributed by atoms with Gasteiger partial charge in [-0.2, -0.15) is 0 Å². The number of rotatable bonds is 6. The fourth-order valence-electron chi connectivity index (χ4n) is 3.46. The number of para-hydroxylation sites is 2. The molecule has 0 bridgehead atoms. The summed E-state index contributed by atoms with van der Waals surface area (Å²) >= 11 is 0. The zero-order valence-corrected chi connectivity index (χ0v) is 18.8. The molecular formula is C24H24N4O3S. The van der Waals surface area contributed by atoms with Gasteiger partial charge in [0, 0.05) is 11.3 Å². The number of fused-ring (bicyclic) bond motifs is 1. The number of anilines is 1. The molecule has 1 atom stereocenters. The predicted molar refractivity (Wildman–Crippen MR) is 125 cm³/mol. The lowest BCUT2D eigenvalue weighted by Crippen LogP contribution is -2.28. The average Bonchev–Trinajstić information content (AvgIpc) is 3.18. The van der Waals surface area contributed by atoms with Crippen LogP contribution in [-0.4, -0.2) is 24.3 Å². The number of imidazole rings is 1. The number of benzene rings is 3. The Morgan fingerprint density at radius 3 is 2.53 bits per heavy atom. The third-order valence-electron chi connectivity index (χ3n) is 5.20. The quantitative estimate of drug-likeness (QED) is 0.405. The van der Waals surface area contributed by atoms with Gasteiger partial charge in [0.15, 0.2) is 0 Å². The molecule has 0 spiro atoms. The number of nitrogens with zero attached hydrogens (tertiary/aromatic N) is 1. The fourth-order valence-corrected chi connectivity index (χ4v) is 4.53. The molecule has 0 radical (unpaired) electrons. The molecule has 8 heteroatoms. The number of aromatic amines is 1. The van der Waals surface area contributed by atoms with Gasteiger partial charge in [-0.1, -0.05) is 30.3 Å². The van der Waals surface area contributed by atoms with E-state index >= 15 is 0 Å². The predicted octanol–water partition coefficient (Wildman–Crippen LogP) is 4.47. The molecule has 0 aliphatic rings. The number of nitrogens with one attached hydrogen (secondary N) is 3. The number of H-pyrrole nitrogens is 1. The Balaban J connectivity index is 1.56. The van der Waals surface area contributed by atoms with Crippen LogP contribution in [0.5, 0.6) is 0 Å². The molecule has 0 saturated heterocycles. The SMILES string of the molecule is Cc1cccc(NS(=O)(=O)c2ccc(C)c(C(=O)NC(C)c3nc4ccccc4[nH]3)c2)c1.